The van der Waals surface area contributed by atoms with E-state index in [1.165, 1.54) is 33.4 Å². The van der Waals surface area contributed by atoms with Gasteiger partial charge in [-0.1, -0.05) is 117 Å². The van der Waals surface area contributed by atoms with Crippen molar-refractivity contribution in [2.45, 2.75) is 6.04 Å². The van der Waals surface area contributed by atoms with Gasteiger partial charge in [-0.2, -0.15) is 0 Å². The number of anilines is 1. The van der Waals surface area contributed by atoms with Crippen molar-refractivity contribution >= 4 is 54.0 Å². The third-order valence-corrected chi connectivity index (χ3v) is 8.41. The van der Waals surface area contributed by atoms with Crippen LogP contribution in [0, 0.1) is 0 Å². The Morgan fingerprint density at radius 2 is 1.25 bits per heavy atom. The summed E-state index contributed by atoms with van der Waals surface area (Å²) in [5.41, 5.74) is 11.4. The minimum absolute atomic E-state index is 0.0553. The molecule has 7 rings (SSSR count). The molecule has 4 heteroatoms. The van der Waals surface area contributed by atoms with Gasteiger partial charge < -0.3 is 5.32 Å². The van der Waals surface area contributed by atoms with Crippen LogP contribution in [0.4, 0.5) is 5.69 Å². The molecular weight excluding hydrogens is 620 g/mol. The van der Waals surface area contributed by atoms with Gasteiger partial charge in [-0.3, -0.25) is 0 Å². The minimum atomic E-state index is 0.0553. The number of benzene rings is 5. The fourth-order valence-corrected chi connectivity index (χ4v) is 6.17. The Labute approximate surface area is 250 Å². The van der Waals surface area contributed by atoms with Crippen molar-refractivity contribution < 1.29 is 0 Å². The van der Waals surface area contributed by atoms with E-state index in [-0.39, 0.29) is 6.04 Å². The summed E-state index contributed by atoms with van der Waals surface area (Å²) in [4.78, 5) is 5.05. The van der Waals surface area contributed by atoms with Gasteiger partial charge in [-0.15, -0.1) is 0 Å². The van der Waals surface area contributed by atoms with Crippen LogP contribution in [0.1, 0.15) is 22.7 Å². The molecule has 2 nitrogen and oxygen atoms in total. The molecule has 1 aromatic heterocycles. The average Bonchev–Trinajstić information content (AvgIpc) is 3.01. The Morgan fingerprint density at radius 1 is 0.575 bits per heavy atom. The van der Waals surface area contributed by atoms with Gasteiger partial charge in [0.2, 0.25) is 0 Å². The second-order valence-electron chi connectivity index (χ2n) is 9.96. The molecule has 0 bridgehead atoms. The van der Waals surface area contributed by atoms with Crippen LogP contribution in [0.25, 0.3) is 38.9 Å². The lowest BCUT2D eigenvalue weighted by Gasteiger charge is -2.27. The Morgan fingerprint density at radius 3 is 2.00 bits per heavy atom. The van der Waals surface area contributed by atoms with Gasteiger partial charge in [0.25, 0.3) is 0 Å². The van der Waals surface area contributed by atoms with Crippen molar-refractivity contribution in [3.8, 4) is 22.4 Å². The molecule has 1 atom stereocenters. The summed E-state index contributed by atoms with van der Waals surface area (Å²) in [5, 5.41) is 4.88. The first-order chi connectivity index (χ1) is 19.6. The van der Waals surface area contributed by atoms with Crippen molar-refractivity contribution in [2.75, 3.05) is 5.32 Å². The minimum Gasteiger partial charge on any atom is -0.374 e. The van der Waals surface area contributed by atoms with E-state index in [0.717, 1.165) is 36.8 Å². The van der Waals surface area contributed by atoms with Gasteiger partial charge in [-0.25, -0.2) is 4.98 Å². The van der Waals surface area contributed by atoms with E-state index < -0.39 is 0 Å². The van der Waals surface area contributed by atoms with Crippen molar-refractivity contribution in [3.05, 3.63) is 159 Å². The summed E-state index contributed by atoms with van der Waals surface area (Å²) in [6, 6.07) is 44.9. The maximum atomic E-state index is 5.05. The molecular formula is C36H24Br2N2. The molecule has 0 amide bonds. The van der Waals surface area contributed by atoms with Crippen LogP contribution < -0.4 is 5.32 Å². The SMILES string of the molecule is Brc1ccc2c(c1)C(c1ccccc1)=CC(c1ccc(-c3cc(-c4ccccc4)c4cc(Br)ccc4n3)cc1)N2. The zero-order valence-electron chi connectivity index (χ0n) is 21.5. The number of hydrogen-bond donors (Lipinski definition) is 1. The summed E-state index contributed by atoms with van der Waals surface area (Å²) in [7, 11) is 0. The number of hydrogen-bond acceptors (Lipinski definition) is 2. The number of halogens is 2. The van der Waals surface area contributed by atoms with Gasteiger partial charge >= 0.3 is 0 Å². The largest absolute Gasteiger partial charge is 0.374 e. The number of pyridine rings is 1. The summed E-state index contributed by atoms with van der Waals surface area (Å²) in [6.07, 6.45) is 2.33. The zero-order valence-corrected chi connectivity index (χ0v) is 24.7. The molecule has 1 aliphatic rings. The van der Waals surface area contributed by atoms with Crippen LogP contribution >= 0.6 is 31.9 Å². The molecule has 2 heterocycles. The lowest BCUT2D eigenvalue weighted by Crippen LogP contribution is -2.15. The van der Waals surface area contributed by atoms with Crippen molar-refractivity contribution in [2.24, 2.45) is 0 Å². The van der Waals surface area contributed by atoms with Gasteiger partial charge in [0, 0.05) is 31.1 Å². The van der Waals surface area contributed by atoms with Gasteiger partial charge in [0.1, 0.15) is 0 Å². The maximum Gasteiger partial charge on any atom is 0.0716 e. The van der Waals surface area contributed by atoms with E-state index in [2.05, 4.69) is 171 Å². The topological polar surface area (TPSA) is 24.9 Å². The lowest BCUT2D eigenvalue weighted by atomic mass is 9.89. The van der Waals surface area contributed by atoms with Crippen LogP contribution in [0.5, 0.6) is 0 Å². The van der Waals surface area contributed by atoms with E-state index in [1.807, 2.05) is 0 Å². The quantitative estimate of drug-likeness (QED) is 0.207. The number of rotatable bonds is 4. The van der Waals surface area contributed by atoms with E-state index in [0.29, 0.717) is 0 Å². The Bertz CT molecular complexity index is 1880. The zero-order chi connectivity index (χ0) is 27.1. The first-order valence-corrected chi connectivity index (χ1v) is 14.8. The first-order valence-electron chi connectivity index (χ1n) is 13.2. The molecule has 1 N–H and O–H groups in total. The summed E-state index contributed by atoms with van der Waals surface area (Å²) >= 11 is 7.30. The van der Waals surface area contributed by atoms with Crippen LogP contribution in [0.3, 0.4) is 0 Å². The van der Waals surface area contributed by atoms with Gasteiger partial charge in [-0.05, 0) is 76.4 Å². The molecule has 1 unspecified atom stereocenters. The molecule has 0 fully saturated rings. The van der Waals surface area contributed by atoms with Crippen molar-refractivity contribution in [3.63, 3.8) is 0 Å². The molecule has 192 valence electrons. The molecule has 5 aromatic carbocycles. The molecule has 0 radical (unpaired) electrons. The highest BCUT2D eigenvalue weighted by atomic mass is 79.9. The van der Waals surface area contributed by atoms with Gasteiger partial charge in [0.05, 0.1) is 17.3 Å². The fraction of sp³-hybridized carbons (Fsp3) is 0.0278. The monoisotopic (exact) mass is 642 g/mol. The second kappa shape index (κ2) is 10.5. The van der Waals surface area contributed by atoms with E-state index >= 15 is 0 Å². The predicted molar refractivity (Wildman–Crippen MR) is 174 cm³/mol. The van der Waals surface area contributed by atoms with Crippen LogP contribution in [-0.2, 0) is 0 Å². The smallest absolute Gasteiger partial charge is 0.0716 e. The Kier molecular flexibility index (Phi) is 6.58. The third-order valence-electron chi connectivity index (χ3n) is 7.42. The standard InChI is InChI=1S/C36H24Br2N2/c37-27-15-17-33-31(19-27)29(23-7-3-1-4-8-23)21-35(39-33)25-11-13-26(14-12-25)36-22-30(24-9-5-2-6-10-24)32-20-28(38)16-18-34(32)40-36/h1-22,35,39H. The average molecular weight is 644 g/mol. The highest BCUT2D eigenvalue weighted by Gasteiger charge is 2.21. The molecule has 0 saturated carbocycles. The first kappa shape index (κ1) is 25.0. The molecule has 0 aliphatic carbocycles. The molecule has 1 aliphatic heterocycles. The molecule has 40 heavy (non-hydrogen) atoms. The normalized spacial score (nSPS) is 14.3. The summed E-state index contributed by atoms with van der Waals surface area (Å²) < 4.78 is 2.12. The Balaban J connectivity index is 1.28. The lowest BCUT2D eigenvalue weighted by molar-refractivity contribution is 0.972. The highest BCUT2D eigenvalue weighted by molar-refractivity contribution is 9.10. The van der Waals surface area contributed by atoms with E-state index in [1.54, 1.807) is 0 Å². The predicted octanol–water partition coefficient (Wildman–Crippen LogP) is 10.7. The van der Waals surface area contributed by atoms with E-state index in [4.69, 9.17) is 4.98 Å². The molecule has 0 saturated heterocycles. The van der Waals surface area contributed by atoms with Crippen molar-refractivity contribution in [1.29, 1.82) is 0 Å². The summed E-state index contributed by atoms with van der Waals surface area (Å²) in [6.45, 7) is 0. The van der Waals surface area contributed by atoms with Crippen molar-refractivity contribution in [1.82, 2.24) is 4.98 Å². The fourth-order valence-electron chi connectivity index (χ4n) is 5.44. The maximum absolute atomic E-state index is 5.05. The van der Waals surface area contributed by atoms with Gasteiger partial charge in [0.15, 0.2) is 0 Å². The van der Waals surface area contributed by atoms with Crippen LogP contribution in [0.2, 0.25) is 0 Å². The highest BCUT2D eigenvalue weighted by Crippen LogP contribution is 2.40. The number of fused-ring (bicyclic) bond motifs is 2. The number of aromatic nitrogens is 1. The van der Waals surface area contributed by atoms with E-state index in [9.17, 15) is 0 Å². The Hall–Kier alpha value is -3.99. The number of nitrogens with zero attached hydrogens (tertiary/aromatic N) is 1. The van der Waals surface area contributed by atoms with Crippen LogP contribution in [-0.4, -0.2) is 4.98 Å². The van der Waals surface area contributed by atoms with Crippen LogP contribution in [0.15, 0.2) is 142 Å². The second-order valence-corrected chi connectivity index (χ2v) is 11.8. The summed E-state index contributed by atoms with van der Waals surface area (Å²) in [5.74, 6) is 0. The molecule has 0 spiro atoms. The molecule has 6 aromatic rings. The number of nitrogens with one attached hydrogen (secondary N) is 1. The third kappa shape index (κ3) is 4.78.